The van der Waals surface area contributed by atoms with Crippen molar-refractivity contribution in [1.29, 1.82) is 0 Å². The fourth-order valence-electron chi connectivity index (χ4n) is 5.85. The zero-order chi connectivity index (χ0) is 23.8. The van der Waals surface area contributed by atoms with E-state index in [1.54, 1.807) is 14.2 Å². The van der Waals surface area contributed by atoms with Gasteiger partial charge in [0.25, 0.3) is 0 Å². The largest absolute Gasteiger partial charge is 0.497 e. The number of carbonyl (C=O) groups is 1. The van der Waals surface area contributed by atoms with Gasteiger partial charge in [-0.25, -0.2) is 0 Å². The van der Waals surface area contributed by atoms with E-state index < -0.39 is 5.60 Å². The summed E-state index contributed by atoms with van der Waals surface area (Å²) in [6, 6.07) is 5.77. The molecule has 0 unspecified atom stereocenters. The summed E-state index contributed by atoms with van der Waals surface area (Å²) in [5.41, 5.74) is 0.321. The highest BCUT2D eigenvalue weighted by molar-refractivity contribution is 5.78. The molecule has 6 nitrogen and oxygen atoms in total. The molecule has 1 saturated carbocycles. The second kappa shape index (κ2) is 12.1. The van der Waals surface area contributed by atoms with Gasteiger partial charge in [-0.05, 0) is 49.8 Å². The fourth-order valence-corrected chi connectivity index (χ4v) is 5.85. The van der Waals surface area contributed by atoms with Gasteiger partial charge < -0.3 is 19.9 Å². The van der Waals surface area contributed by atoms with E-state index in [1.807, 2.05) is 18.2 Å². The summed E-state index contributed by atoms with van der Waals surface area (Å²) in [6.45, 7) is 6.18. The summed E-state index contributed by atoms with van der Waals surface area (Å²) in [6.07, 6.45) is 9.30. The number of amides is 1. The average Bonchev–Trinajstić information content (AvgIpc) is 2.83. The second-order valence-electron chi connectivity index (χ2n) is 9.95. The number of unbranched alkanes of at least 4 members (excludes halogenated alkanes) is 1. The molecule has 0 aromatic heterocycles. The molecule has 6 heteroatoms. The lowest BCUT2D eigenvalue weighted by atomic mass is 9.66. The summed E-state index contributed by atoms with van der Waals surface area (Å²) < 4.78 is 11.2. The molecule has 0 radical (unpaired) electrons. The van der Waals surface area contributed by atoms with Crippen LogP contribution < -0.4 is 14.8 Å². The number of piperidine rings is 1. The quantitative estimate of drug-likeness (QED) is 0.501. The van der Waals surface area contributed by atoms with Crippen LogP contribution in [0.1, 0.15) is 83.2 Å². The van der Waals surface area contributed by atoms with Crippen molar-refractivity contribution in [2.24, 2.45) is 11.8 Å². The zero-order valence-corrected chi connectivity index (χ0v) is 21.1. The molecule has 3 rings (SSSR count). The Labute approximate surface area is 200 Å². The number of nitrogens with zero attached hydrogens (tertiary/aromatic N) is 1. The molecule has 1 aliphatic heterocycles. The zero-order valence-electron chi connectivity index (χ0n) is 21.1. The Morgan fingerprint density at radius 2 is 2.06 bits per heavy atom. The van der Waals surface area contributed by atoms with Gasteiger partial charge in [-0.1, -0.05) is 46.0 Å². The first-order valence-corrected chi connectivity index (χ1v) is 12.9. The Morgan fingerprint density at radius 1 is 1.24 bits per heavy atom. The van der Waals surface area contributed by atoms with Crippen LogP contribution in [0.25, 0.3) is 0 Å². The minimum absolute atomic E-state index is 0.0676. The molecule has 2 N–H and O–H groups in total. The summed E-state index contributed by atoms with van der Waals surface area (Å²) in [7, 11) is 3.34. The van der Waals surface area contributed by atoms with Crippen LogP contribution in [0.2, 0.25) is 0 Å². The van der Waals surface area contributed by atoms with Gasteiger partial charge in [0, 0.05) is 30.6 Å². The molecule has 186 valence electrons. The number of hydrogen-bond acceptors (Lipinski definition) is 5. The summed E-state index contributed by atoms with van der Waals surface area (Å²) in [5, 5.41) is 14.8. The van der Waals surface area contributed by atoms with Crippen molar-refractivity contribution >= 4 is 5.91 Å². The van der Waals surface area contributed by atoms with E-state index in [0.29, 0.717) is 25.4 Å². The molecule has 1 aromatic carbocycles. The van der Waals surface area contributed by atoms with Gasteiger partial charge in [0.15, 0.2) is 0 Å². The molecule has 0 bridgehead atoms. The first-order valence-electron chi connectivity index (χ1n) is 12.9. The maximum absolute atomic E-state index is 13.0. The number of methoxy groups -OCH3 is 2. The number of fused-ring (bicyclic) bond motifs is 1. The third-order valence-electron chi connectivity index (χ3n) is 7.90. The maximum Gasteiger partial charge on any atom is 0.234 e. The van der Waals surface area contributed by atoms with E-state index in [0.717, 1.165) is 62.1 Å². The topological polar surface area (TPSA) is 71.0 Å². The highest BCUT2D eigenvalue weighted by atomic mass is 16.5. The van der Waals surface area contributed by atoms with Crippen LogP contribution in [0.3, 0.4) is 0 Å². The third-order valence-corrected chi connectivity index (χ3v) is 7.90. The summed E-state index contributed by atoms with van der Waals surface area (Å²) in [5.74, 6) is 2.22. The standard InChI is InChI=1S/C27H44N2O4/c1-5-7-10-20(6-2)18-28-25(30)19-29-16-15-27(31)14-9-8-11-23(27)26(29)22-17-21(32-3)12-13-24(22)33-4/h12-13,17,20,23,26,31H,5-11,14-16,18-19H2,1-4H3,(H,28,30)/t20-,23+,26+,27-/m1/s1. The average molecular weight is 461 g/mol. The maximum atomic E-state index is 13.0. The van der Waals surface area contributed by atoms with E-state index in [4.69, 9.17) is 9.47 Å². The molecule has 1 aromatic rings. The van der Waals surface area contributed by atoms with E-state index in [1.165, 1.54) is 12.8 Å². The van der Waals surface area contributed by atoms with E-state index >= 15 is 0 Å². The molecule has 33 heavy (non-hydrogen) atoms. The predicted molar refractivity (Wildman–Crippen MR) is 132 cm³/mol. The second-order valence-corrected chi connectivity index (χ2v) is 9.95. The van der Waals surface area contributed by atoms with Crippen molar-refractivity contribution in [3.05, 3.63) is 23.8 Å². The number of ether oxygens (including phenoxy) is 2. The van der Waals surface area contributed by atoms with E-state index in [9.17, 15) is 9.90 Å². The minimum Gasteiger partial charge on any atom is -0.497 e. The van der Waals surface area contributed by atoms with Crippen molar-refractivity contribution < 1.29 is 19.4 Å². The molecule has 2 aliphatic rings. The van der Waals surface area contributed by atoms with Gasteiger partial charge in [0.2, 0.25) is 5.91 Å². The van der Waals surface area contributed by atoms with Gasteiger partial charge in [0.1, 0.15) is 11.5 Å². The van der Waals surface area contributed by atoms with Crippen molar-refractivity contribution in [2.75, 3.05) is 33.9 Å². The number of carbonyl (C=O) groups excluding carboxylic acids is 1. The Morgan fingerprint density at radius 3 is 2.76 bits per heavy atom. The molecule has 1 aliphatic carbocycles. The highest BCUT2D eigenvalue weighted by Crippen LogP contribution is 2.51. The Kier molecular flexibility index (Phi) is 9.45. The smallest absolute Gasteiger partial charge is 0.234 e. The Balaban J connectivity index is 1.82. The van der Waals surface area contributed by atoms with Crippen LogP contribution in [0.15, 0.2) is 18.2 Å². The Hall–Kier alpha value is -1.79. The fraction of sp³-hybridized carbons (Fsp3) is 0.741. The molecular formula is C27H44N2O4. The van der Waals surface area contributed by atoms with E-state index in [2.05, 4.69) is 24.1 Å². The number of rotatable bonds is 11. The number of benzene rings is 1. The molecule has 1 saturated heterocycles. The van der Waals surface area contributed by atoms with Crippen molar-refractivity contribution in [1.82, 2.24) is 10.2 Å². The summed E-state index contributed by atoms with van der Waals surface area (Å²) in [4.78, 5) is 15.3. The first-order chi connectivity index (χ1) is 16.0. The Bertz CT molecular complexity index is 770. The molecular weight excluding hydrogens is 416 g/mol. The predicted octanol–water partition coefficient (Wildman–Crippen LogP) is 4.70. The highest BCUT2D eigenvalue weighted by Gasteiger charge is 2.50. The molecule has 0 spiro atoms. The number of aliphatic hydroxyl groups is 1. The number of hydrogen-bond donors (Lipinski definition) is 2. The van der Waals surface area contributed by atoms with Gasteiger partial charge in [0.05, 0.1) is 26.4 Å². The van der Waals surface area contributed by atoms with Crippen LogP contribution >= 0.6 is 0 Å². The minimum atomic E-state index is -0.683. The van der Waals surface area contributed by atoms with Crippen LogP contribution in [-0.4, -0.2) is 55.4 Å². The van der Waals surface area contributed by atoms with Crippen LogP contribution in [0, 0.1) is 11.8 Å². The SMILES string of the molecule is CCCC[C@@H](CC)CNC(=O)CN1CC[C@]2(O)CCCC[C@H]2[C@@H]1c1cc(OC)ccc1OC. The normalized spacial score (nSPS) is 26.3. The van der Waals surface area contributed by atoms with Crippen molar-refractivity contribution in [3.63, 3.8) is 0 Å². The van der Waals surface area contributed by atoms with E-state index in [-0.39, 0.29) is 17.9 Å². The lowest BCUT2D eigenvalue weighted by molar-refractivity contribution is -0.138. The van der Waals surface area contributed by atoms with Gasteiger partial charge in [-0.15, -0.1) is 0 Å². The van der Waals surface area contributed by atoms with Gasteiger partial charge in [-0.3, -0.25) is 9.69 Å². The van der Waals surface area contributed by atoms with Gasteiger partial charge in [-0.2, -0.15) is 0 Å². The lowest BCUT2D eigenvalue weighted by Gasteiger charge is -2.52. The van der Waals surface area contributed by atoms with Crippen molar-refractivity contribution in [3.8, 4) is 11.5 Å². The molecule has 2 fully saturated rings. The lowest BCUT2D eigenvalue weighted by Crippen LogP contribution is -2.56. The first kappa shape index (κ1) is 25.8. The van der Waals surface area contributed by atoms with Crippen LogP contribution in [0.4, 0.5) is 0 Å². The van der Waals surface area contributed by atoms with Crippen LogP contribution in [0.5, 0.6) is 11.5 Å². The third kappa shape index (κ3) is 6.21. The number of nitrogens with one attached hydrogen (secondary N) is 1. The van der Waals surface area contributed by atoms with Crippen LogP contribution in [-0.2, 0) is 4.79 Å². The summed E-state index contributed by atoms with van der Waals surface area (Å²) >= 11 is 0. The van der Waals surface area contributed by atoms with Gasteiger partial charge >= 0.3 is 0 Å². The number of likely N-dealkylation sites (tertiary alicyclic amines) is 1. The molecule has 1 amide bonds. The molecule has 4 atom stereocenters. The van der Waals surface area contributed by atoms with Crippen molar-refractivity contribution in [2.45, 2.75) is 83.3 Å². The molecule has 1 heterocycles. The monoisotopic (exact) mass is 460 g/mol.